The molecule has 0 bridgehead atoms. The Morgan fingerprint density at radius 2 is 2.09 bits per heavy atom. The summed E-state index contributed by atoms with van der Waals surface area (Å²) < 4.78 is 1.52. The molecule has 1 aliphatic heterocycles. The Bertz CT molecular complexity index is 167. The Kier molecular flexibility index (Phi) is 2.97. The Morgan fingerprint density at radius 3 is 2.45 bits per heavy atom. The molecular weight excluding hydrogens is 249 g/mol. The quantitative estimate of drug-likeness (QED) is 0.609. The van der Waals surface area contributed by atoms with Crippen molar-refractivity contribution in [2.45, 2.75) is 32.7 Å². The molecule has 0 saturated heterocycles. The maximum atomic E-state index is 2.51. The van der Waals surface area contributed by atoms with Gasteiger partial charge in [0.2, 0.25) is 0 Å². The lowest BCUT2D eigenvalue weighted by Gasteiger charge is -2.36. The van der Waals surface area contributed by atoms with Gasteiger partial charge in [-0.2, -0.15) is 0 Å². The van der Waals surface area contributed by atoms with Gasteiger partial charge >= 0.3 is 0 Å². The largest absolute Gasteiger partial charge is 0.294 e. The predicted molar refractivity (Wildman–Crippen MR) is 58.0 cm³/mol. The second kappa shape index (κ2) is 3.44. The molecule has 0 aromatic rings. The van der Waals surface area contributed by atoms with Gasteiger partial charge in [-0.3, -0.25) is 4.90 Å². The topological polar surface area (TPSA) is 3.24 Å². The van der Waals surface area contributed by atoms with Crippen LogP contribution in [-0.4, -0.2) is 23.5 Å². The molecule has 0 unspecified atom stereocenters. The minimum atomic E-state index is 0.341. The average Bonchev–Trinajstić information content (AvgIpc) is 1.86. The van der Waals surface area contributed by atoms with Gasteiger partial charge in [-0.15, -0.1) is 0 Å². The Morgan fingerprint density at radius 1 is 1.45 bits per heavy atom. The molecule has 0 aromatic heterocycles. The van der Waals surface area contributed by atoms with Gasteiger partial charge in [0.25, 0.3) is 0 Å². The summed E-state index contributed by atoms with van der Waals surface area (Å²) in [4.78, 5) is 2.51. The molecular formula is C9H16IN. The molecule has 64 valence electrons. The molecule has 0 fully saturated rings. The van der Waals surface area contributed by atoms with Crippen molar-refractivity contribution in [2.24, 2.45) is 0 Å². The highest BCUT2D eigenvalue weighted by Crippen LogP contribution is 2.22. The zero-order valence-electron chi connectivity index (χ0n) is 7.52. The van der Waals surface area contributed by atoms with Crippen molar-refractivity contribution in [1.29, 1.82) is 0 Å². The maximum Gasteiger partial charge on any atom is 0.0178 e. The smallest absolute Gasteiger partial charge is 0.0178 e. The Hall–Kier alpha value is 0.430. The van der Waals surface area contributed by atoms with Crippen LogP contribution in [0.1, 0.15) is 27.2 Å². The fourth-order valence-corrected chi connectivity index (χ4v) is 1.69. The molecule has 0 atom stereocenters. The minimum absolute atomic E-state index is 0.341. The van der Waals surface area contributed by atoms with Crippen LogP contribution in [0, 0.1) is 0 Å². The predicted octanol–water partition coefficient (Wildman–Crippen LogP) is 2.81. The summed E-state index contributed by atoms with van der Waals surface area (Å²) in [6.45, 7) is 9.18. The molecule has 1 heterocycles. The van der Waals surface area contributed by atoms with Gasteiger partial charge in [0.1, 0.15) is 0 Å². The molecule has 0 aromatic carbocycles. The normalized spacial score (nSPS) is 21.6. The second-order valence-corrected chi connectivity index (χ2v) is 5.40. The lowest BCUT2D eigenvalue weighted by Crippen LogP contribution is -2.43. The van der Waals surface area contributed by atoms with Gasteiger partial charge in [0.05, 0.1) is 0 Å². The highest BCUT2D eigenvalue weighted by Gasteiger charge is 2.21. The van der Waals surface area contributed by atoms with Crippen molar-refractivity contribution < 1.29 is 0 Å². The summed E-state index contributed by atoms with van der Waals surface area (Å²) in [5, 5.41) is 0. The molecule has 0 radical (unpaired) electrons. The molecule has 1 rings (SSSR count). The third-order valence-electron chi connectivity index (χ3n) is 2.10. The third kappa shape index (κ3) is 2.75. The van der Waals surface area contributed by atoms with Crippen LogP contribution in [0.5, 0.6) is 0 Å². The van der Waals surface area contributed by atoms with Crippen molar-refractivity contribution in [1.82, 2.24) is 4.90 Å². The van der Waals surface area contributed by atoms with Crippen LogP contribution in [-0.2, 0) is 0 Å². The number of halogens is 1. The van der Waals surface area contributed by atoms with Gasteiger partial charge in [-0.05, 0) is 53.4 Å². The summed E-state index contributed by atoms with van der Waals surface area (Å²) in [7, 11) is 0. The standard InChI is InChI=1S/C9H16IN/c1-9(2,3)11-6-4-8(10)5-7-11/h4H,5-7H2,1-3H3. The molecule has 0 aliphatic carbocycles. The van der Waals surface area contributed by atoms with Crippen molar-refractivity contribution >= 4 is 22.6 Å². The third-order valence-corrected chi connectivity index (χ3v) is 3.08. The van der Waals surface area contributed by atoms with E-state index in [1.807, 2.05) is 0 Å². The van der Waals surface area contributed by atoms with E-state index in [-0.39, 0.29) is 0 Å². The maximum absolute atomic E-state index is 2.51. The number of nitrogens with zero attached hydrogens (tertiary/aromatic N) is 1. The summed E-state index contributed by atoms with van der Waals surface area (Å²) in [5.74, 6) is 0. The molecule has 0 saturated carbocycles. The minimum Gasteiger partial charge on any atom is -0.294 e. The fraction of sp³-hybridized carbons (Fsp3) is 0.778. The molecule has 0 N–H and O–H groups in total. The van der Waals surface area contributed by atoms with E-state index in [1.165, 1.54) is 16.5 Å². The lowest BCUT2D eigenvalue weighted by molar-refractivity contribution is 0.151. The van der Waals surface area contributed by atoms with Crippen LogP contribution in [0.25, 0.3) is 0 Å². The van der Waals surface area contributed by atoms with Crippen LogP contribution in [0.4, 0.5) is 0 Å². The highest BCUT2D eigenvalue weighted by atomic mass is 127. The van der Waals surface area contributed by atoms with Crippen LogP contribution in [0.2, 0.25) is 0 Å². The molecule has 2 heteroatoms. The fourth-order valence-electron chi connectivity index (χ4n) is 1.25. The first-order chi connectivity index (χ1) is 5.00. The van der Waals surface area contributed by atoms with Crippen LogP contribution < -0.4 is 0 Å². The van der Waals surface area contributed by atoms with Crippen molar-refractivity contribution in [3.63, 3.8) is 0 Å². The zero-order valence-corrected chi connectivity index (χ0v) is 9.68. The van der Waals surface area contributed by atoms with Crippen LogP contribution >= 0.6 is 22.6 Å². The van der Waals surface area contributed by atoms with Gasteiger partial charge < -0.3 is 0 Å². The Balaban J connectivity index is 2.54. The molecule has 11 heavy (non-hydrogen) atoms. The van der Waals surface area contributed by atoms with E-state index in [4.69, 9.17) is 0 Å². The first-order valence-electron chi connectivity index (χ1n) is 4.10. The number of hydrogen-bond acceptors (Lipinski definition) is 1. The summed E-state index contributed by atoms with van der Waals surface area (Å²) >= 11 is 2.43. The molecule has 1 aliphatic rings. The van der Waals surface area contributed by atoms with Gasteiger partial charge in [0.15, 0.2) is 0 Å². The van der Waals surface area contributed by atoms with E-state index in [0.717, 1.165) is 6.54 Å². The molecule has 0 spiro atoms. The summed E-state index contributed by atoms with van der Waals surface area (Å²) in [6, 6.07) is 0. The number of rotatable bonds is 0. The van der Waals surface area contributed by atoms with E-state index in [2.05, 4.69) is 54.3 Å². The van der Waals surface area contributed by atoms with Gasteiger partial charge in [0, 0.05) is 18.6 Å². The summed E-state index contributed by atoms with van der Waals surface area (Å²) in [6.07, 6.45) is 3.56. The first-order valence-corrected chi connectivity index (χ1v) is 5.17. The van der Waals surface area contributed by atoms with E-state index in [1.54, 1.807) is 0 Å². The van der Waals surface area contributed by atoms with Gasteiger partial charge in [-0.1, -0.05) is 6.08 Å². The van der Waals surface area contributed by atoms with Crippen LogP contribution in [0.15, 0.2) is 9.66 Å². The van der Waals surface area contributed by atoms with Crippen molar-refractivity contribution in [3.8, 4) is 0 Å². The molecule has 0 amide bonds. The highest BCUT2D eigenvalue weighted by molar-refractivity contribution is 14.1. The lowest BCUT2D eigenvalue weighted by atomic mass is 10.0. The SMILES string of the molecule is CC(C)(C)N1CC=C(I)CC1. The van der Waals surface area contributed by atoms with Crippen molar-refractivity contribution in [3.05, 3.63) is 9.66 Å². The molecule has 1 nitrogen and oxygen atoms in total. The van der Waals surface area contributed by atoms with Crippen LogP contribution in [0.3, 0.4) is 0 Å². The Labute approximate surface area is 83.0 Å². The number of hydrogen-bond donors (Lipinski definition) is 0. The van der Waals surface area contributed by atoms with E-state index >= 15 is 0 Å². The van der Waals surface area contributed by atoms with E-state index in [0.29, 0.717) is 5.54 Å². The monoisotopic (exact) mass is 265 g/mol. The zero-order chi connectivity index (χ0) is 8.48. The second-order valence-electron chi connectivity index (χ2n) is 4.02. The van der Waals surface area contributed by atoms with Crippen molar-refractivity contribution in [2.75, 3.05) is 13.1 Å². The summed E-state index contributed by atoms with van der Waals surface area (Å²) in [5.41, 5.74) is 0.341. The van der Waals surface area contributed by atoms with Gasteiger partial charge in [-0.25, -0.2) is 0 Å². The average molecular weight is 265 g/mol. The van der Waals surface area contributed by atoms with E-state index in [9.17, 15) is 0 Å². The van der Waals surface area contributed by atoms with E-state index < -0.39 is 0 Å². The first kappa shape index (κ1) is 9.52.